The van der Waals surface area contributed by atoms with Crippen molar-refractivity contribution in [3.63, 3.8) is 0 Å². The molecular formula is C10H14ClN3O. The molecule has 0 fully saturated rings. The third kappa shape index (κ3) is 3.16. The fraction of sp³-hybridized carbons (Fsp3) is 0.500. The molecule has 0 radical (unpaired) electrons. The Morgan fingerprint density at radius 2 is 2.13 bits per heavy atom. The number of anilines is 1. The van der Waals surface area contributed by atoms with E-state index in [4.69, 9.17) is 11.6 Å². The zero-order valence-electron chi connectivity index (χ0n) is 9.04. The van der Waals surface area contributed by atoms with E-state index in [9.17, 15) is 4.79 Å². The number of carbonyl (C=O) groups is 1. The summed E-state index contributed by atoms with van der Waals surface area (Å²) in [6, 6.07) is 0. The standard InChI is InChI=1S/C10H14ClN3O/c1-4-10(2,3)9(15)14-8-6-12-7(11)5-13-8/h5-6H,4H2,1-3H3,(H,13,14,15). The number of hydrogen-bond acceptors (Lipinski definition) is 3. The average Bonchev–Trinajstić information content (AvgIpc) is 2.21. The molecule has 1 amide bonds. The molecule has 0 aromatic carbocycles. The zero-order chi connectivity index (χ0) is 11.5. The molecule has 4 nitrogen and oxygen atoms in total. The maximum Gasteiger partial charge on any atom is 0.231 e. The highest BCUT2D eigenvalue weighted by molar-refractivity contribution is 6.29. The van der Waals surface area contributed by atoms with Crippen LogP contribution in [0.4, 0.5) is 5.82 Å². The third-order valence-corrected chi connectivity index (χ3v) is 2.56. The molecule has 1 aromatic rings. The van der Waals surface area contributed by atoms with Crippen LogP contribution in [-0.2, 0) is 4.79 Å². The van der Waals surface area contributed by atoms with Gasteiger partial charge in [0.15, 0.2) is 5.82 Å². The second kappa shape index (κ2) is 4.57. The van der Waals surface area contributed by atoms with Gasteiger partial charge in [-0.3, -0.25) is 4.79 Å². The lowest BCUT2D eigenvalue weighted by molar-refractivity contribution is -0.124. The van der Waals surface area contributed by atoms with E-state index in [2.05, 4.69) is 15.3 Å². The van der Waals surface area contributed by atoms with E-state index in [0.29, 0.717) is 11.0 Å². The minimum atomic E-state index is -0.401. The SMILES string of the molecule is CCC(C)(C)C(=O)Nc1cnc(Cl)cn1. The molecule has 82 valence electrons. The van der Waals surface area contributed by atoms with E-state index in [1.807, 2.05) is 20.8 Å². The highest BCUT2D eigenvalue weighted by Crippen LogP contribution is 2.21. The second-order valence-electron chi connectivity index (χ2n) is 3.92. The van der Waals surface area contributed by atoms with E-state index >= 15 is 0 Å². The number of halogens is 1. The van der Waals surface area contributed by atoms with Gasteiger partial charge in [-0.25, -0.2) is 9.97 Å². The van der Waals surface area contributed by atoms with Gasteiger partial charge < -0.3 is 5.32 Å². The van der Waals surface area contributed by atoms with Gasteiger partial charge in [0, 0.05) is 5.41 Å². The molecule has 0 aliphatic rings. The number of nitrogens with zero attached hydrogens (tertiary/aromatic N) is 2. The van der Waals surface area contributed by atoms with Gasteiger partial charge in [-0.1, -0.05) is 32.4 Å². The van der Waals surface area contributed by atoms with Crippen molar-refractivity contribution in [2.24, 2.45) is 5.41 Å². The molecule has 15 heavy (non-hydrogen) atoms. The molecule has 1 N–H and O–H groups in total. The fourth-order valence-corrected chi connectivity index (χ4v) is 0.920. The van der Waals surface area contributed by atoms with Crippen LogP contribution in [0, 0.1) is 5.41 Å². The minimum Gasteiger partial charge on any atom is -0.309 e. The summed E-state index contributed by atoms with van der Waals surface area (Å²) in [4.78, 5) is 19.5. The summed E-state index contributed by atoms with van der Waals surface area (Å²) in [5.74, 6) is 0.354. The van der Waals surface area contributed by atoms with Crippen molar-refractivity contribution in [2.45, 2.75) is 27.2 Å². The van der Waals surface area contributed by atoms with Crippen molar-refractivity contribution in [2.75, 3.05) is 5.32 Å². The van der Waals surface area contributed by atoms with Crippen LogP contribution in [0.2, 0.25) is 5.15 Å². The van der Waals surface area contributed by atoms with Crippen molar-refractivity contribution in [3.05, 3.63) is 17.5 Å². The van der Waals surface area contributed by atoms with Crippen LogP contribution < -0.4 is 5.32 Å². The first-order valence-corrected chi connectivity index (χ1v) is 5.12. The number of carbonyl (C=O) groups excluding carboxylic acids is 1. The van der Waals surface area contributed by atoms with Gasteiger partial charge in [0.25, 0.3) is 0 Å². The summed E-state index contributed by atoms with van der Waals surface area (Å²) < 4.78 is 0. The number of amides is 1. The molecule has 0 atom stereocenters. The van der Waals surface area contributed by atoms with E-state index in [0.717, 1.165) is 6.42 Å². The molecule has 1 aromatic heterocycles. The van der Waals surface area contributed by atoms with Crippen molar-refractivity contribution < 1.29 is 4.79 Å². The molecule has 0 bridgehead atoms. The lowest BCUT2D eigenvalue weighted by atomic mass is 9.89. The highest BCUT2D eigenvalue weighted by Gasteiger charge is 2.25. The Morgan fingerprint density at radius 1 is 1.47 bits per heavy atom. The molecule has 0 unspecified atom stereocenters. The molecule has 0 aliphatic carbocycles. The lowest BCUT2D eigenvalue weighted by Gasteiger charge is -2.20. The Kier molecular flexibility index (Phi) is 3.63. The zero-order valence-corrected chi connectivity index (χ0v) is 9.80. The van der Waals surface area contributed by atoms with Gasteiger partial charge in [-0.2, -0.15) is 0 Å². The molecule has 0 saturated heterocycles. The Bertz CT molecular complexity index is 348. The van der Waals surface area contributed by atoms with Crippen LogP contribution in [0.25, 0.3) is 0 Å². The van der Waals surface area contributed by atoms with Crippen molar-refractivity contribution in [3.8, 4) is 0 Å². The van der Waals surface area contributed by atoms with E-state index in [-0.39, 0.29) is 5.91 Å². The van der Waals surface area contributed by atoms with Gasteiger partial charge in [0.2, 0.25) is 5.91 Å². The normalized spacial score (nSPS) is 11.2. The number of aromatic nitrogens is 2. The predicted molar refractivity (Wildman–Crippen MR) is 59.7 cm³/mol. The second-order valence-corrected chi connectivity index (χ2v) is 4.30. The van der Waals surface area contributed by atoms with Crippen LogP contribution in [0.15, 0.2) is 12.4 Å². The third-order valence-electron chi connectivity index (χ3n) is 2.36. The summed E-state index contributed by atoms with van der Waals surface area (Å²) >= 11 is 5.58. The highest BCUT2D eigenvalue weighted by atomic mass is 35.5. The summed E-state index contributed by atoms with van der Waals surface area (Å²) in [7, 11) is 0. The first kappa shape index (κ1) is 11.9. The van der Waals surface area contributed by atoms with Crippen LogP contribution in [0.3, 0.4) is 0 Å². The Hall–Kier alpha value is -1.16. The van der Waals surface area contributed by atoms with Crippen molar-refractivity contribution >= 4 is 23.3 Å². The van der Waals surface area contributed by atoms with Gasteiger partial charge in [0.1, 0.15) is 5.15 Å². The Labute approximate surface area is 94.1 Å². The topological polar surface area (TPSA) is 54.9 Å². The average molecular weight is 228 g/mol. The van der Waals surface area contributed by atoms with Gasteiger partial charge in [-0.15, -0.1) is 0 Å². The molecular weight excluding hydrogens is 214 g/mol. The quantitative estimate of drug-likeness (QED) is 0.863. The lowest BCUT2D eigenvalue weighted by Crippen LogP contribution is -2.30. The number of rotatable bonds is 3. The maximum absolute atomic E-state index is 11.7. The Morgan fingerprint density at radius 3 is 2.60 bits per heavy atom. The Balaban J connectivity index is 2.71. The van der Waals surface area contributed by atoms with Gasteiger partial charge >= 0.3 is 0 Å². The molecule has 5 heteroatoms. The van der Waals surface area contributed by atoms with Crippen LogP contribution >= 0.6 is 11.6 Å². The smallest absolute Gasteiger partial charge is 0.231 e. The summed E-state index contributed by atoms with van der Waals surface area (Å²) in [5.41, 5.74) is -0.401. The van der Waals surface area contributed by atoms with Crippen LogP contribution in [0.5, 0.6) is 0 Å². The van der Waals surface area contributed by atoms with Crippen LogP contribution in [-0.4, -0.2) is 15.9 Å². The molecule has 0 spiro atoms. The molecule has 1 heterocycles. The molecule has 0 aliphatic heterocycles. The van der Waals surface area contributed by atoms with E-state index in [1.54, 1.807) is 0 Å². The van der Waals surface area contributed by atoms with Gasteiger partial charge in [-0.05, 0) is 6.42 Å². The summed E-state index contributed by atoms with van der Waals surface area (Å²) in [5, 5.41) is 3.00. The first-order valence-electron chi connectivity index (χ1n) is 4.74. The summed E-state index contributed by atoms with van der Waals surface area (Å²) in [6.45, 7) is 5.73. The van der Waals surface area contributed by atoms with Crippen molar-refractivity contribution in [1.82, 2.24) is 9.97 Å². The maximum atomic E-state index is 11.7. The van der Waals surface area contributed by atoms with E-state index < -0.39 is 5.41 Å². The monoisotopic (exact) mass is 227 g/mol. The number of nitrogens with one attached hydrogen (secondary N) is 1. The van der Waals surface area contributed by atoms with E-state index in [1.165, 1.54) is 12.4 Å². The molecule has 1 rings (SSSR count). The number of hydrogen-bond donors (Lipinski definition) is 1. The minimum absolute atomic E-state index is 0.0679. The van der Waals surface area contributed by atoms with Gasteiger partial charge in [0.05, 0.1) is 12.4 Å². The summed E-state index contributed by atoms with van der Waals surface area (Å²) in [6.07, 6.45) is 3.60. The fourth-order valence-electron chi connectivity index (χ4n) is 0.823. The largest absolute Gasteiger partial charge is 0.309 e. The first-order chi connectivity index (χ1) is 6.95. The van der Waals surface area contributed by atoms with Crippen LogP contribution in [0.1, 0.15) is 27.2 Å². The predicted octanol–water partition coefficient (Wildman–Crippen LogP) is 2.50. The van der Waals surface area contributed by atoms with Crippen molar-refractivity contribution in [1.29, 1.82) is 0 Å². The molecule has 0 saturated carbocycles.